The van der Waals surface area contributed by atoms with Crippen LogP contribution < -0.4 is 15.4 Å². The molecule has 1 aromatic rings. The smallest absolute Gasteiger partial charge is 0.191 e. The van der Waals surface area contributed by atoms with Gasteiger partial charge in [-0.1, -0.05) is 26.0 Å². The van der Waals surface area contributed by atoms with Crippen molar-refractivity contribution in [3.8, 4) is 5.75 Å². The average Bonchev–Trinajstić information content (AvgIpc) is 2.82. The molecule has 7 heteroatoms. The Labute approximate surface area is 194 Å². The summed E-state index contributed by atoms with van der Waals surface area (Å²) in [6.07, 6.45) is 2.59. The zero-order valence-electron chi connectivity index (χ0n) is 20.5. The SMILES string of the molecule is CN=C(NCC1CCCN(CC(C)C)C1)NCC(c1ccc(OC)cc1)N1CCOCC1. The predicted molar refractivity (Wildman–Crippen MR) is 131 cm³/mol. The Morgan fingerprint density at radius 1 is 1.16 bits per heavy atom. The minimum atomic E-state index is 0.263. The fourth-order valence-corrected chi connectivity index (χ4v) is 4.83. The second kappa shape index (κ2) is 13.0. The summed E-state index contributed by atoms with van der Waals surface area (Å²) in [6.45, 7) is 13.5. The van der Waals surface area contributed by atoms with Crippen molar-refractivity contribution in [3.63, 3.8) is 0 Å². The molecule has 2 fully saturated rings. The third-order valence-corrected chi connectivity index (χ3v) is 6.46. The number of hydrogen-bond acceptors (Lipinski definition) is 5. The second-order valence-electron chi connectivity index (χ2n) is 9.43. The number of nitrogens with one attached hydrogen (secondary N) is 2. The maximum absolute atomic E-state index is 5.59. The lowest BCUT2D eigenvalue weighted by Crippen LogP contribution is -2.48. The first-order valence-corrected chi connectivity index (χ1v) is 12.2. The minimum Gasteiger partial charge on any atom is -0.497 e. The molecule has 1 aromatic carbocycles. The van der Waals surface area contributed by atoms with Crippen molar-refractivity contribution >= 4 is 5.96 Å². The van der Waals surface area contributed by atoms with Gasteiger partial charge in [0.15, 0.2) is 5.96 Å². The summed E-state index contributed by atoms with van der Waals surface area (Å²) < 4.78 is 10.9. The molecule has 2 N–H and O–H groups in total. The highest BCUT2D eigenvalue weighted by Gasteiger charge is 2.24. The number of methoxy groups -OCH3 is 1. The molecule has 0 aromatic heterocycles. The second-order valence-corrected chi connectivity index (χ2v) is 9.43. The van der Waals surface area contributed by atoms with Gasteiger partial charge in [-0.3, -0.25) is 9.89 Å². The first-order chi connectivity index (χ1) is 15.6. The molecule has 2 aliphatic heterocycles. The Hall–Kier alpha value is -1.83. The largest absolute Gasteiger partial charge is 0.497 e. The first-order valence-electron chi connectivity index (χ1n) is 12.2. The maximum atomic E-state index is 5.59. The molecule has 3 rings (SSSR count). The van der Waals surface area contributed by atoms with E-state index in [4.69, 9.17) is 9.47 Å². The molecule has 2 aliphatic rings. The third-order valence-electron chi connectivity index (χ3n) is 6.46. The van der Waals surface area contributed by atoms with Crippen LogP contribution in [-0.4, -0.2) is 88.9 Å². The first kappa shape index (κ1) is 24.8. The van der Waals surface area contributed by atoms with E-state index in [2.05, 4.69) is 51.4 Å². The van der Waals surface area contributed by atoms with Crippen LogP contribution in [0.25, 0.3) is 0 Å². The van der Waals surface area contributed by atoms with Gasteiger partial charge in [-0.25, -0.2) is 0 Å². The highest BCUT2D eigenvalue weighted by atomic mass is 16.5. The van der Waals surface area contributed by atoms with E-state index >= 15 is 0 Å². The molecule has 2 atom stereocenters. The summed E-state index contributed by atoms with van der Waals surface area (Å²) in [4.78, 5) is 9.61. The molecule has 0 spiro atoms. The van der Waals surface area contributed by atoms with E-state index in [0.29, 0.717) is 5.92 Å². The topological polar surface area (TPSA) is 61.4 Å². The molecule has 32 heavy (non-hydrogen) atoms. The number of rotatable bonds is 9. The van der Waals surface area contributed by atoms with Gasteiger partial charge in [0.2, 0.25) is 0 Å². The van der Waals surface area contributed by atoms with E-state index in [-0.39, 0.29) is 6.04 Å². The van der Waals surface area contributed by atoms with Gasteiger partial charge in [-0.2, -0.15) is 0 Å². The lowest BCUT2D eigenvalue weighted by Gasteiger charge is -2.36. The fraction of sp³-hybridized carbons (Fsp3) is 0.720. The lowest BCUT2D eigenvalue weighted by molar-refractivity contribution is 0.0170. The Morgan fingerprint density at radius 2 is 1.91 bits per heavy atom. The molecule has 2 heterocycles. The summed E-state index contributed by atoms with van der Waals surface area (Å²) in [5.74, 6) is 3.18. The third kappa shape index (κ3) is 7.64. The van der Waals surface area contributed by atoms with E-state index in [1.165, 1.54) is 38.0 Å². The van der Waals surface area contributed by atoms with Crippen molar-refractivity contribution in [1.29, 1.82) is 0 Å². The van der Waals surface area contributed by atoms with Crippen LogP contribution in [0.2, 0.25) is 0 Å². The van der Waals surface area contributed by atoms with Crippen molar-refractivity contribution in [2.45, 2.75) is 32.7 Å². The van der Waals surface area contributed by atoms with Crippen LogP contribution in [0.5, 0.6) is 5.75 Å². The van der Waals surface area contributed by atoms with Gasteiger partial charge >= 0.3 is 0 Å². The summed E-state index contributed by atoms with van der Waals surface area (Å²) >= 11 is 0. The van der Waals surface area contributed by atoms with Gasteiger partial charge < -0.3 is 25.0 Å². The van der Waals surface area contributed by atoms with E-state index in [0.717, 1.165) is 57.0 Å². The molecule has 0 bridgehead atoms. The number of nitrogens with zero attached hydrogens (tertiary/aromatic N) is 3. The van der Waals surface area contributed by atoms with Crippen LogP contribution >= 0.6 is 0 Å². The summed E-state index contributed by atoms with van der Waals surface area (Å²) in [5.41, 5.74) is 1.28. The van der Waals surface area contributed by atoms with Gasteiger partial charge in [0, 0.05) is 46.3 Å². The number of hydrogen-bond donors (Lipinski definition) is 2. The van der Waals surface area contributed by atoms with Crippen molar-refractivity contribution in [2.24, 2.45) is 16.8 Å². The number of aliphatic imine (C=N–C) groups is 1. The molecule has 0 amide bonds. The normalized spacial score (nSPS) is 22.0. The molecule has 0 radical (unpaired) electrons. The average molecular weight is 446 g/mol. The number of benzene rings is 1. The van der Waals surface area contributed by atoms with Crippen LogP contribution in [0.4, 0.5) is 0 Å². The molecule has 7 nitrogen and oxygen atoms in total. The van der Waals surface area contributed by atoms with Gasteiger partial charge in [-0.15, -0.1) is 0 Å². The Kier molecular flexibility index (Phi) is 10.1. The quantitative estimate of drug-likeness (QED) is 0.450. The van der Waals surface area contributed by atoms with Crippen molar-refractivity contribution in [3.05, 3.63) is 29.8 Å². The van der Waals surface area contributed by atoms with Crippen molar-refractivity contribution < 1.29 is 9.47 Å². The highest BCUT2D eigenvalue weighted by Crippen LogP contribution is 2.24. The lowest BCUT2D eigenvalue weighted by atomic mass is 9.97. The van der Waals surface area contributed by atoms with E-state index in [1.54, 1.807) is 7.11 Å². The summed E-state index contributed by atoms with van der Waals surface area (Å²) in [5, 5.41) is 7.18. The summed E-state index contributed by atoms with van der Waals surface area (Å²) in [7, 11) is 3.57. The number of guanidine groups is 1. The zero-order valence-corrected chi connectivity index (χ0v) is 20.5. The van der Waals surface area contributed by atoms with Crippen LogP contribution in [0.1, 0.15) is 38.3 Å². The molecule has 2 unspecified atom stereocenters. The maximum Gasteiger partial charge on any atom is 0.191 e. The minimum absolute atomic E-state index is 0.263. The number of morpholine rings is 1. The predicted octanol–water partition coefficient (Wildman–Crippen LogP) is 2.60. The standard InChI is InChI=1S/C25H43N5O2/c1-20(2)18-29-11-5-6-21(19-29)16-27-25(26-3)28-17-24(30-12-14-32-15-13-30)22-7-9-23(31-4)10-8-22/h7-10,20-21,24H,5-6,11-19H2,1-4H3,(H2,26,27,28). The fourth-order valence-electron chi connectivity index (χ4n) is 4.83. The Bertz CT molecular complexity index is 688. The van der Waals surface area contributed by atoms with Crippen molar-refractivity contribution in [2.75, 3.05) is 73.2 Å². The Balaban J connectivity index is 1.54. The van der Waals surface area contributed by atoms with Gasteiger partial charge in [0.25, 0.3) is 0 Å². The number of likely N-dealkylation sites (tertiary alicyclic amines) is 1. The molecule has 0 saturated carbocycles. The van der Waals surface area contributed by atoms with Gasteiger partial charge in [-0.05, 0) is 48.9 Å². The summed E-state index contributed by atoms with van der Waals surface area (Å²) in [6, 6.07) is 8.69. The number of piperidine rings is 1. The van der Waals surface area contributed by atoms with E-state index < -0.39 is 0 Å². The monoisotopic (exact) mass is 445 g/mol. The molecular weight excluding hydrogens is 402 g/mol. The molecular formula is C25H43N5O2. The number of ether oxygens (including phenoxy) is 2. The van der Waals surface area contributed by atoms with Crippen LogP contribution in [0, 0.1) is 11.8 Å². The molecule has 2 saturated heterocycles. The Morgan fingerprint density at radius 3 is 2.56 bits per heavy atom. The van der Waals surface area contributed by atoms with Crippen molar-refractivity contribution in [1.82, 2.24) is 20.4 Å². The molecule has 0 aliphatic carbocycles. The van der Waals surface area contributed by atoms with Crippen LogP contribution in [-0.2, 0) is 4.74 Å². The highest BCUT2D eigenvalue weighted by molar-refractivity contribution is 5.79. The van der Waals surface area contributed by atoms with Gasteiger partial charge in [0.1, 0.15) is 5.75 Å². The van der Waals surface area contributed by atoms with E-state index in [9.17, 15) is 0 Å². The zero-order chi connectivity index (χ0) is 22.8. The van der Waals surface area contributed by atoms with Gasteiger partial charge in [0.05, 0.1) is 26.4 Å². The van der Waals surface area contributed by atoms with Crippen LogP contribution in [0.3, 0.4) is 0 Å². The van der Waals surface area contributed by atoms with E-state index in [1.807, 2.05) is 19.2 Å². The molecule has 180 valence electrons. The van der Waals surface area contributed by atoms with Crippen LogP contribution in [0.15, 0.2) is 29.3 Å².